The Hall–Kier alpha value is -1.92. The smallest absolute Gasteiger partial charge is 0.307 e. The van der Waals surface area contributed by atoms with Crippen molar-refractivity contribution >= 4 is 17.2 Å². The van der Waals surface area contributed by atoms with Crippen LogP contribution >= 0.6 is 11.3 Å². The first kappa shape index (κ1) is 16.5. The van der Waals surface area contributed by atoms with Gasteiger partial charge in [-0.2, -0.15) is 0 Å². The zero-order chi connectivity index (χ0) is 15.9. The molecule has 0 radical (unpaired) electrons. The van der Waals surface area contributed by atoms with E-state index in [4.69, 9.17) is 5.11 Å². The number of aromatic nitrogens is 1. The van der Waals surface area contributed by atoms with Gasteiger partial charge in [-0.3, -0.25) is 9.59 Å². The van der Waals surface area contributed by atoms with Crippen LogP contribution in [-0.4, -0.2) is 22.1 Å². The summed E-state index contributed by atoms with van der Waals surface area (Å²) in [6.07, 6.45) is 1.05. The summed E-state index contributed by atoms with van der Waals surface area (Å²) in [6.45, 7) is 2.89. The quantitative estimate of drug-likeness (QED) is 0.811. The molecule has 22 heavy (non-hydrogen) atoms. The average molecular weight is 320 g/mol. The van der Waals surface area contributed by atoms with Crippen LogP contribution in [0.25, 0.3) is 0 Å². The van der Waals surface area contributed by atoms with Crippen molar-refractivity contribution in [3.63, 3.8) is 0 Å². The Morgan fingerprint density at radius 3 is 2.55 bits per heavy atom. The fraction of sp³-hybridized carbons (Fsp3) is 0.375. The van der Waals surface area contributed by atoms with Gasteiger partial charge in [-0.15, -0.1) is 0 Å². The molecule has 0 saturated heterocycles. The molecule has 1 aromatic heterocycles. The van der Waals surface area contributed by atoms with E-state index in [0.29, 0.717) is 19.5 Å². The number of amides is 1. The molecule has 0 bridgehead atoms. The van der Waals surface area contributed by atoms with Crippen molar-refractivity contribution in [2.24, 2.45) is 0 Å². The zero-order valence-electron chi connectivity index (χ0n) is 12.5. The minimum Gasteiger partial charge on any atom is -0.392 e. The average Bonchev–Trinajstić information content (AvgIpc) is 2.84. The second-order valence-electron chi connectivity index (χ2n) is 5.12. The number of benzene rings is 1. The molecule has 0 unspecified atom stereocenters. The van der Waals surface area contributed by atoms with Gasteiger partial charge in [0.15, 0.2) is 0 Å². The highest BCUT2D eigenvalue weighted by Crippen LogP contribution is 2.05. The van der Waals surface area contributed by atoms with Crippen molar-refractivity contribution in [1.29, 1.82) is 0 Å². The van der Waals surface area contributed by atoms with Gasteiger partial charge in [0.25, 0.3) is 0 Å². The van der Waals surface area contributed by atoms with Gasteiger partial charge in [-0.25, -0.2) is 0 Å². The second-order valence-corrected chi connectivity index (χ2v) is 5.94. The normalized spacial score (nSPS) is 10.6. The summed E-state index contributed by atoms with van der Waals surface area (Å²) in [4.78, 5) is 23.3. The molecule has 0 saturated carbocycles. The maximum Gasteiger partial charge on any atom is 0.307 e. The van der Waals surface area contributed by atoms with Crippen LogP contribution in [0, 0.1) is 6.92 Å². The van der Waals surface area contributed by atoms with E-state index in [1.807, 2.05) is 31.2 Å². The molecule has 1 heterocycles. The topological polar surface area (TPSA) is 71.3 Å². The third-order valence-corrected chi connectivity index (χ3v) is 4.36. The number of nitrogens with zero attached hydrogens (tertiary/aromatic N) is 1. The Morgan fingerprint density at radius 1 is 1.27 bits per heavy atom. The van der Waals surface area contributed by atoms with E-state index >= 15 is 0 Å². The molecule has 0 aliphatic carbocycles. The first-order valence-electron chi connectivity index (χ1n) is 7.20. The van der Waals surface area contributed by atoms with Crippen LogP contribution in [0.2, 0.25) is 0 Å². The third kappa shape index (κ3) is 4.54. The molecule has 0 fully saturated rings. The lowest BCUT2D eigenvalue weighted by atomic mass is 10.1. The maximum absolute atomic E-state index is 11.8. The Kier molecular flexibility index (Phi) is 5.91. The summed E-state index contributed by atoms with van der Waals surface area (Å²) in [6, 6.07) is 7.66. The van der Waals surface area contributed by atoms with Gasteiger partial charge in [-0.05, 0) is 24.5 Å². The van der Waals surface area contributed by atoms with Gasteiger partial charge in [-0.1, -0.05) is 35.6 Å². The molecule has 5 nitrogen and oxygen atoms in total. The molecular formula is C16H20N2O3S. The van der Waals surface area contributed by atoms with Crippen molar-refractivity contribution < 1.29 is 9.90 Å². The lowest BCUT2D eigenvalue weighted by Gasteiger charge is -2.07. The van der Waals surface area contributed by atoms with E-state index in [9.17, 15) is 9.59 Å². The Morgan fingerprint density at radius 2 is 1.95 bits per heavy atom. The molecule has 2 rings (SSSR count). The van der Waals surface area contributed by atoms with Crippen LogP contribution < -0.4 is 10.2 Å². The predicted molar refractivity (Wildman–Crippen MR) is 87.0 cm³/mol. The molecule has 118 valence electrons. The molecule has 0 atom stereocenters. The van der Waals surface area contributed by atoms with E-state index in [1.54, 1.807) is 9.95 Å². The number of aryl methyl sites for hydroxylation is 1. The van der Waals surface area contributed by atoms with Crippen LogP contribution in [-0.2, 0) is 24.4 Å². The molecule has 1 aromatic carbocycles. The SMILES string of the molecule is Cc1csc(=O)n1CCC(=O)NCCc1ccc(CO)cc1. The fourth-order valence-corrected chi connectivity index (χ4v) is 2.90. The number of aliphatic hydroxyl groups is 1. The van der Waals surface area contributed by atoms with Gasteiger partial charge in [0.1, 0.15) is 0 Å². The highest BCUT2D eigenvalue weighted by atomic mass is 32.1. The summed E-state index contributed by atoms with van der Waals surface area (Å²) in [5, 5.41) is 13.6. The number of nitrogens with one attached hydrogen (secondary N) is 1. The standard InChI is InChI=1S/C16H20N2O3S/c1-12-11-22-16(21)18(12)9-7-15(20)17-8-6-13-2-4-14(10-19)5-3-13/h2-5,11,19H,6-10H2,1H3,(H,17,20). The van der Waals surface area contributed by atoms with Crippen molar-refractivity contribution in [3.8, 4) is 0 Å². The monoisotopic (exact) mass is 320 g/mol. The Bertz CT molecular complexity index is 673. The van der Waals surface area contributed by atoms with Crippen LogP contribution in [0.5, 0.6) is 0 Å². The number of carbonyl (C=O) groups excluding carboxylic acids is 1. The summed E-state index contributed by atoms with van der Waals surface area (Å²) in [5.74, 6) is -0.0514. The molecule has 6 heteroatoms. The second kappa shape index (κ2) is 7.91. The third-order valence-electron chi connectivity index (χ3n) is 3.48. The van der Waals surface area contributed by atoms with E-state index < -0.39 is 0 Å². The van der Waals surface area contributed by atoms with Gasteiger partial charge >= 0.3 is 4.87 Å². The van der Waals surface area contributed by atoms with Gasteiger partial charge < -0.3 is 15.0 Å². The summed E-state index contributed by atoms with van der Waals surface area (Å²) in [7, 11) is 0. The number of aliphatic hydroxyl groups excluding tert-OH is 1. The minimum absolute atomic E-state index is 0.0192. The largest absolute Gasteiger partial charge is 0.392 e. The maximum atomic E-state index is 11.8. The van der Waals surface area contributed by atoms with Crippen LogP contribution in [0.15, 0.2) is 34.4 Å². The lowest BCUT2D eigenvalue weighted by Crippen LogP contribution is -2.28. The summed E-state index contributed by atoms with van der Waals surface area (Å²) in [5.41, 5.74) is 2.89. The van der Waals surface area contributed by atoms with Crippen LogP contribution in [0.1, 0.15) is 23.2 Å². The van der Waals surface area contributed by atoms with E-state index in [0.717, 1.165) is 34.6 Å². The Balaban J connectivity index is 1.72. The van der Waals surface area contributed by atoms with Crippen LogP contribution in [0.3, 0.4) is 0 Å². The lowest BCUT2D eigenvalue weighted by molar-refractivity contribution is -0.121. The molecule has 2 N–H and O–H groups in total. The number of rotatable bonds is 7. The first-order chi connectivity index (χ1) is 10.6. The molecule has 0 spiro atoms. The highest BCUT2D eigenvalue weighted by molar-refractivity contribution is 7.07. The zero-order valence-corrected chi connectivity index (χ0v) is 13.4. The highest BCUT2D eigenvalue weighted by Gasteiger charge is 2.06. The van der Waals surface area contributed by atoms with Crippen LogP contribution in [0.4, 0.5) is 0 Å². The number of hydrogen-bond donors (Lipinski definition) is 2. The van der Waals surface area contributed by atoms with E-state index in [-0.39, 0.29) is 17.4 Å². The molecule has 1 amide bonds. The van der Waals surface area contributed by atoms with E-state index in [2.05, 4.69) is 5.32 Å². The molecule has 0 aliphatic heterocycles. The van der Waals surface area contributed by atoms with Crippen molar-refractivity contribution in [2.45, 2.75) is 32.9 Å². The van der Waals surface area contributed by atoms with E-state index in [1.165, 1.54) is 0 Å². The predicted octanol–water partition coefficient (Wildman–Crippen LogP) is 1.46. The number of hydrogen-bond acceptors (Lipinski definition) is 4. The molecular weight excluding hydrogens is 300 g/mol. The molecule has 2 aromatic rings. The Labute approximate surface area is 133 Å². The molecule has 0 aliphatic rings. The number of carbonyl (C=O) groups is 1. The van der Waals surface area contributed by atoms with Gasteiger partial charge in [0.2, 0.25) is 5.91 Å². The first-order valence-corrected chi connectivity index (χ1v) is 8.08. The fourth-order valence-electron chi connectivity index (χ4n) is 2.13. The van der Waals surface area contributed by atoms with Gasteiger partial charge in [0.05, 0.1) is 6.61 Å². The van der Waals surface area contributed by atoms with Gasteiger partial charge in [0, 0.05) is 30.6 Å². The number of thiazole rings is 1. The van der Waals surface area contributed by atoms with Crippen molar-refractivity contribution in [1.82, 2.24) is 9.88 Å². The van der Waals surface area contributed by atoms with Crippen molar-refractivity contribution in [3.05, 3.63) is 56.1 Å². The summed E-state index contributed by atoms with van der Waals surface area (Å²) < 4.78 is 1.62. The van der Waals surface area contributed by atoms with Crippen molar-refractivity contribution in [2.75, 3.05) is 6.54 Å². The summed E-state index contributed by atoms with van der Waals surface area (Å²) >= 11 is 1.16. The minimum atomic E-state index is -0.0514.